The number of nitrogens with one attached hydrogen (secondary N) is 1. The second-order valence-electron chi connectivity index (χ2n) is 3.29. The standard InChI is InChI=1S/C12H10ClNO2/c1-16-10-4-2-8(3-5-10)9-6-11(13)12(15)14-7-9/h2-7H,1H3,(H,14,15). The van der Waals surface area contributed by atoms with E-state index in [-0.39, 0.29) is 10.6 Å². The monoisotopic (exact) mass is 235 g/mol. The highest BCUT2D eigenvalue weighted by Crippen LogP contribution is 2.22. The topological polar surface area (TPSA) is 42.1 Å². The highest BCUT2D eigenvalue weighted by atomic mass is 35.5. The van der Waals surface area contributed by atoms with Gasteiger partial charge >= 0.3 is 0 Å². The summed E-state index contributed by atoms with van der Waals surface area (Å²) in [6.45, 7) is 0. The summed E-state index contributed by atoms with van der Waals surface area (Å²) in [5.41, 5.74) is 1.56. The molecule has 0 aliphatic heterocycles. The zero-order valence-electron chi connectivity index (χ0n) is 8.66. The van der Waals surface area contributed by atoms with Crippen molar-refractivity contribution in [2.75, 3.05) is 7.11 Å². The molecule has 0 amide bonds. The van der Waals surface area contributed by atoms with E-state index in [0.29, 0.717) is 0 Å². The van der Waals surface area contributed by atoms with E-state index in [2.05, 4.69) is 4.98 Å². The van der Waals surface area contributed by atoms with Crippen LogP contribution in [0, 0.1) is 0 Å². The third-order valence-electron chi connectivity index (χ3n) is 2.28. The first kappa shape index (κ1) is 10.8. The van der Waals surface area contributed by atoms with Gasteiger partial charge in [0.2, 0.25) is 0 Å². The fraction of sp³-hybridized carbons (Fsp3) is 0.0833. The van der Waals surface area contributed by atoms with Crippen molar-refractivity contribution in [3.63, 3.8) is 0 Å². The number of aromatic nitrogens is 1. The van der Waals surface area contributed by atoms with E-state index in [1.807, 2.05) is 24.3 Å². The van der Waals surface area contributed by atoms with Crippen molar-refractivity contribution >= 4 is 11.6 Å². The SMILES string of the molecule is COc1ccc(-c2c[nH]c(=O)c(Cl)c2)cc1. The Bertz CT molecular complexity index is 546. The molecule has 0 saturated carbocycles. The summed E-state index contributed by atoms with van der Waals surface area (Å²) >= 11 is 5.75. The normalized spacial score (nSPS) is 10.1. The van der Waals surface area contributed by atoms with Crippen molar-refractivity contribution in [1.82, 2.24) is 4.98 Å². The highest BCUT2D eigenvalue weighted by molar-refractivity contribution is 6.30. The molecule has 82 valence electrons. The highest BCUT2D eigenvalue weighted by Gasteiger charge is 2.01. The quantitative estimate of drug-likeness (QED) is 0.870. The van der Waals surface area contributed by atoms with Crippen molar-refractivity contribution in [1.29, 1.82) is 0 Å². The average molecular weight is 236 g/mol. The Kier molecular flexibility index (Phi) is 2.97. The first-order chi connectivity index (χ1) is 7.70. The van der Waals surface area contributed by atoms with Crippen LogP contribution < -0.4 is 10.3 Å². The summed E-state index contributed by atoms with van der Waals surface area (Å²) in [7, 11) is 1.62. The molecule has 1 aromatic carbocycles. The summed E-state index contributed by atoms with van der Waals surface area (Å²) < 4.78 is 5.06. The minimum Gasteiger partial charge on any atom is -0.497 e. The first-order valence-electron chi connectivity index (χ1n) is 4.73. The van der Waals surface area contributed by atoms with E-state index in [1.54, 1.807) is 19.4 Å². The number of aromatic amines is 1. The molecule has 3 nitrogen and oxygen atoms in total. The zero-order valence-corrected chi connectivity index (χ0v) is 9.41. The van der Waals surface area contributed by atoms with E-state index in [4.69, 9.17) is 16.3 Å². The van der Waals surface area contributed by atoms with Gasteiger partial charge in [0.15, 0.2) is 0 Å². The van der Waals surface area contributed by atoms with Crippen LogP contribution in [0.5, 0.6) is 5.75 Å². The number of hydrogen-bond donors (Lipinski definition) is 1. The van der Waals surface area contributed by atoms with Gasteiger partial charge in [-0.3, -0.25) is 4.79 Å². The molecule has 16 heavy (non-hydrogen) atoms. The molecule has 0 aliphatic rings. The largest absolute Gasteiger partial charge is 0.497 e. The molecule has 0 spiro atoms. The van der Waals surface area contributed by atoms with Gasteiger partial charge < -0.3 is 9.72 Å². The second kappa shape index (κ2) is 4.41. The number of halogens is 1. The fourth-order valence-corrected chi connectivity index (χ4v) is 1.58. The Labute approximate surface area is 97.7 Å². The molecule has 1 heterocycles. The second-order valence-corrected chi connectivity index (χ2v) is 3.70. The van der Waals surface area contributed by atoms with E-state index < -0.39 is 0 Å². The third-order valence-corrected chi connectivity index (χ3v) is 2.56. The lowest BCUT2D eigenvalue weighted by molar-refractivity contribution is 0.415. The summed E-state index contributed by atoms with van der Waals surface area (Å²) in [6, 6.07) is 9.16. The van der Waals surface area contributed by atoms with Crippen molar-refractivity contribution < 1.29 is 4.74 Å². The molecule has 0 radical (unpaired) electrons. The number of pyridine rings is 1. The molecule has 4 heteroatoms. The predicted octanol–water partition coefficient (Wildman–Crippen LogP) is 2.70. The number of rotatable bonds is 2. The molecular formula is C12H10ClNO2. The Balaban J connectivity index is 2.42. The van der Waals surface area contributed by atoms with E-state index in [0.717, 1.165) is 16.9 Å². The Morgan fingerprint density at radius 3 is 2.44 bits per heavy atom. The fourth-order valence-electron chi connectivity index (χ4n) is 1.41. The average Bonchev–Trinajstić information content (AvgIpc) is 2.33. The van der Waals surface area contributed by atoms with Crippen LogP contribution in [-0.2, 0) is 0 Å². The maximum absolute atomic E-state index is 11.1. The molecule has 0 bridgehead atoms. The lowest BCUT2D eigenvalue weighted by Crippen LogP contribution is -2.04. The van der Waals surface area contributed by atoms with Crippen LogP contribution in [0.3, 0.4) is 0 Å². The van der Waals surface area contributed by atoms with Crippen molar-refractivity contribution in [3.05, 3.63) is 51.9 Å². The number of benzene rings is 1. The zero-order chi connectivity index (χ0) is 11.5. The molecular weight excluding hydrogens is 226 g/mol. The van der Waals surface area contributed by atoms with Gasteiger partial charge in [0.05, 0.1) is 7.11 Å². The molecule has 2 rings (SSSR count). The van der Waals surface area contributed by atoms with Crippen LogP contribution in [0.15, 0.2) is 41.3 Å². The Morgan fingerprint density at radius 1 is 1.19 bits per heavy atom. The van der Waals surface area contributed by atoms with Crippen molar-refractivity contribution in [3.8, 4) is 16.9 Å². The Morgan fingerprint density at radius 2 is 1.88 bits per heavy atom. The van der Waals surface area contributed by atoms with Crippen LogP contribution in [0.2, 0.25) is 5.02 Å². The molecule has 1 N–H and O–H groups in total. The lowest BCUT2D eigenvalue weighted by atomic mass is 10.1. The smallest absolute Gasteiger partial charge is 0.266 e. The van der Waals surface area contributed by atoms with Gasteiger partial charge in [-0.15, -0.1) is 0 Å². The van der Waals surface area contributed by atoms with Crippen LogP contribution in [0.25, 0.3) is 11.1 Å². The van der Waals surface area contributed by atoms with Gasteiger partial charge in [0.25, 0.3) is 5.56 Å². The molecule has 2 aromatic rings. The Hall–Kier alpha value is -1.74. The summed E-state index contributed by atoms with van der Waals surface area (Å²) in [4.78, 5) is 13.7. The summed E-state index contributed by atoms with van der Waals surface area (Å²) in [6.07, 6.45) is 1.63. The predicted molar refractivity (Wildman–Crippen MR) is 64.1 cm³/mol. The van der Waals surface area contributed by atoms with E-state index in [1.165, 1.54) is 0 Å². The van der Waals surface area contributed by atoms with Crippen LogP contribution in [0.1, 0.15) is 0 Å². The van der Waals surface area contributed by atoms with E-state index in [9.17, 15) is 4.79 Å². The summed E-state index contributed by atoms with van der Waals surface area (Å²) in [5, 5.41) is 0.188. The molecule has 0 saturated heterocycles. The maximum atomic E-state index is 11.1. The number of H-pyrrole nitrogens is 1. The number of hydrogen-bond acceptors (Lipinski definition) is 2. The van der Waals surface area contributed by atoms with E-state index >= 15 is 0 Å². The van der Waals surface area contributed by atoms with Crippen LogP contribution in [0.4, 0.5) is 0 Å². The lowest BCUT2D eigenvalue weighted by Gasteiger charge is -2.03. The van der Waals surface area contributed by atoms with Gasteiger partial charge in [-0.05, 0) is 29.3 Å². The minimum atomic E-state index is -0.279. The van der Waals surface area contributed by atoms with Gasteiger partial charge in [-0.1, -0.05) is 23.7 Å². The van der Waals surface area contributed by atoms with Crippen molar-refractivity contribution in [2.45, 2.75) is 0 Å². The first-order valence-corrected chi connectivity index (χ1v) is 5.11. The van der Waals surface area contributed by atoms with Crippen molar-refractivity contribution in [2.24, 2.45) is 0 Å². The molecule has 0 fully saturated rings. The molecule has 1 aromatic heterocycles. The minimum absolute atomic E-state index is 0.188. The third kappa shape index (κ3) is 2.09. The van der Waals surface area contributed by atoms with Gasteiger partial charge in [0.1, 0.15) is 10.8 Å². The van der Waals surface area contributed by atoms with Gasteiger partial charge in [-0.25, -0.2) is 0 Å². The molecule has 0 atom stereocenters. The maximum Gasteiger partial charge on any atom is 0.266 e. The van der Waals surface area contributed by atoms with Gasteiger partial charge in [0, 0.05) is 6.20 Å². The number of methoxy groups -OCH3 is 1. The van der Waals surface area contributed by atoms with Gasteiger partial charge in [-0.2, -0.15) is 0 Å². The van der Waals surface area contributed by atoms with Crippen LogP contribution in [-0.4, -0.2) is 12.1 Å². The molecule has 0 unspecified atom stereocenters. The molecule has 0 aliphatic carbocycles. The number of ether oxygens (including phenoxy) is 1. The summed E-state index contributed by atoms with van der Waals surface area (Å²) in [5.74, 6) is 0.791. The van der Waals surface area contributed by atoms with Crippen LogP contribution >= 0.6 is 11.6 Å².